The van der Waals surface area contributed by atoms with Crippen LogP contribution in [-0.2, 0) is 11.3 Å². The molecule has 6 nitrogen and oxygen atoms in total. The summed E-state index contributed by atoms with van der Waals surface area (Å²) in [4.78, 5) is 19.1. The highest BCUT2D eigenvalue weighted by Crippen LogP contribution is 2.27. The summed E-state index contributed by atoms with van der Waals surface area (Å²) in [6, 6.07) is 8.16. The summed E-state index contributed by atoms with van der Waals surface area (Å²) < 4.78 is 2.15. The van der Waals surface area contributed by atoms with Crippen molar-refractivity contribution in [3.63, 3.8) is 0 Å². The lowest BCUT2D eigenvalue weighted by Gasteiger charge is -2.30. The lowest BCUT2D eigenvalue weighted by Crippen LogP contribution is -2.38. The van der Waals surface area contributed by atoms with Crippen LogP contribution in [-0.4, -0.2) is 49.4 Å². The Balaban J connectivity index is 1.54. The van der Waals surface area contributed by atoms with E-state index in [0.29, 0.717) is 10.9 Å². The highest BCUT2D eigenvalue weighted by atomic mass is 32.2. The van der Waals surface area contributed by atoms with E-state index in [9.17, 15) is 4.79 Å². The van der Waals surface area contributed by atoms with Gasteiger partial charge in [-0.1, -0.05) is 36.9 Å². The molecule has 1 aliphatic heterocycles. The maximum absolute atomic E-state index is 12.4. The van der Waals surface area contributed by atoms with E-state index in [4.69, 9.17) is 4.98 Å². The molecule has 3 heterocycles. The molecule has 1 aliphatic rings. The zero-order chi connectivity index (χ0) is 18.1. The van der Waals surface area contributed by atoms with E-state index in [1.165, 1.54) is 11.8 Å². The van der Waals surface area contributed by atoms with Crippen molar-refractivity contribution in [3.05, 3.63) is 24.3 Å². The molecule has 0 aliphatic carbocycles. The lowest BCUT2D eigenvalue weighted by atomic mass is 9.99. The Morgan fingerprint density at radius 1 is 1.23 bits per heavy atom. The van der Waals surface area contributed by atoms with Gasteiger partial charge >= 0.3 is 0 Å². The molecule has 1 saturated heterocycles. The second-order valence-corrected chi connectivity index (χ2v) is 7.82. The molecule has 1 fully saturated rings. The van der Waals surface area contributed by atoms with E-state index in [1.54, 1.807) is 0 Å². The second-order valence-electron chi connectivity index (χ2n) is 6.88. The van der Waals surface area contributed by atoms with E-state index >= 15 is 0 Å². The third kappa shape index (κ3) is 3.16. The van der Waals surface area contributed by atoms with E-state index in [1.807, 2.05) is 23.1 Å². The van der Waals surface area contributed by atoms with Crippen molar-refractivity contribution >= 4 is 39.7 Å². The van der Waals surface area contributed by atoms with E-state index in [0.717, 1.165) is 60.5 Å². The van der Waals surface area contributed by atoms with Gasteiger partial charge in [0.1, 0.15) is 5.52 Å². The first-order valence-electron chi connectivity index (χ1n) is 9.19. The van der Waals surface area contributed by atoms with Crippen LogP contribution in [0.15, 0.2) is 29.4 Å². The molecule has 26 heavy (non-hydrogen) atoms. The molecule has 0 bridgehead atoms. The largest absolute Gasteiger partial charge is 0.342 e. The van der Waals surface area contributed by atoms with Crippen molar-refractivity contribution < 1.29 is 4.79 Å². The molecule has 2 aromatic heterocycles. The van der Waals surface area contributed by atoms with Crippen LogP contribution in [0.5, 0.6) is 0 Å². The van der Waals surface area contributed by atoms with Crippen LogP contribution in [0, 0.1) is 5.92 Å². The Bertz CT molecular complexity index is 946. The summed E-state index contributed by atoms with van der Waals surface area (Å²) in [5, 5.41) is 10.3. The van der Waals surface area contributed by atoms with Gasteiger partial charge in [-0.2, -0.15) is 0 Å². The fraction of sp³-hybridized carbons (Fsp3) is 0.474. The first kappa shape index (κ1) is 17.3. The van der Waals surface area contributed by atoms with Gasteiger partial charge in [0, 0.05) is 25.0 Å². The van der Waals surface area contributed by atoms with Gasteiger partial charge in [-0.3, -0.25) is 4.79 Å². The molecule has 0 radical (unpaired) electrons. The van der Waals surface area contributed by atoms with Crippen molar-refractivity contribution in [1.82, 2.24) is 24.6 Å². The van der Waals surface area contributed by atoms with Crippen molar-refractivity contribution in [2.75, 3.05) is 18.8 Å². The first-order chi connectivity index (χ1) is 12.7. The Morgan fingerprint density at radius 2 is 2.00 bits per heavy atom. The number of fused-ring (bicyclic) bond motifs is 3. The van der Waals surface area contributed by atoms with Crippen LogP contribution in [0.1, 0.15) is 26.7 Å². The third-order valence-electron chi connectivity index (χ3n) is 5.13. The third-order valence-corrected chi connectivity index (χ3v) is 5.95. The van der Waals surface area contributed by atoms with Gasteiger partial charge in [0.2, 0.25) is 11.1 Å². The van der Waals surface area contributed by atoms with E-state index < -0.39 is 0 Å². The van der Waals surface area contributed by atoms with Gasteiger partial charge < -0.3 is 9.47 Å². The molecular formula is C19H23N5OS. The number of aryl methyl sites for hydroxylation is 1. The van der Waals surface area contributed by atoms with Gasteiger partial charge in [-0.25, -0.2) is 4.98 Å². The Kier molecular flexibility index (Phi) is 4.80. The number of aromatic nitrogens is 4. The maximum Gasteiger partial charge on any atom is 0.233 e. The number of benzene rings is 1. The Labute approximate surface area is 157 Å². The lowest BCUT2D eigenvalue weighted by molar-refractivity contribution is -0.129. The quantitative estimate of drug-likeness (QED) is 0.660. The first-order valence-corrected chi connectivity index (χ1v) is 10.2. The molecule has 0 spiro atoms. The number of hydrogen-bond acceptors (Lipinski definition) is 5. The highest BCUT2D eigenvalue weighted by molar-refractivity contribution is 7.99. The number of likely N-dealkylation sites (tertiary alicyclic amines) is 1. The van der Waals surface area contributed by atoms with E-state index in [2.05, 4.69) is 34.7 Å². The maximum atomic E-state index is 12.4. The summed E-state index contributed by atoms with van der Waals surface area (Å²) >= 11 is 1.38. The number of nitrogens with zero attached hydrogens (tertiary/aromatic N) is 5. The van der Waals surface area contributed by atoms with Crippen LogP contribution >= 0.6 is 11.8 Å². The highest BCUT2D eigenvalue weighted by Gasteiger charge is 2.21. The molecule has 0 atom stereocenters. The summed E-state index contributed by atoms with van der Waals surface area (Å²) in [5.74, 6) is 1.26. The number of carbonyl (C=O) groups excluding carboxylic acids is 1. The smallest absolute Gasteiger partial charge is 0.233 e. The zero-order valence-corrected chi connectivity index (χ0v) is 16.0. The molecular weight excluding hydrogens is 346 g/mol. The summed E-state index contributed by atoms with van der Waals surface area (Å²) in [6.45, 7) is 6.89. The van der Waals surface area contributed by atoms with Crippen molar-refractivity contribution in [2.45, 2.75) is 38.4 Å². The number of carbonyl (C=O) groups is 1. The molecule has 0 N–H and O–H groups in total. The topological polar surface area (TPSA) is 63.9 Å². The minimum Gasteiger partial charge on any atom is -0.342 e. The van der Waals surface area contributed by atoms with Gasteiger partial charge in [-0.05, 0) is 31.7 Å². The predicted octanol–water partition coefficient (Wildman–Crippen LogP) is 3.35. The normalized spacial score (nSPS) is 15.8. The number of hydrogen-bond donors (Lipinski definition) is 0. The number of para-hydroxylation sites is 1. The Morgan fingerprint density at radius 3 is 2.77 bits per heavy atom. The molecule has 1 aromatic carbocycles. The van der Waals surface area contributed by atoms with E-state index in [-0.39, 0.29) is 5.91 Å². The fourth-order valence-corrected chi connectivity index (χ4v) is 4.23. The van der Waals surface area contributed by atoms with Crippen molar-refractivity contribution in [2.24, 2.45) is 5.92 Å². The van der Waals surface area contributed by atoms with Crippen LogP contribution in [0.2, 0.25) is 0 Å². The minimum atomic E-state index is 0.168. The SMILES string of the molecule is CCn1c2ccccc2c2nnc(SCC(=O)N3CCC(C)CC3)nc21. The molecule has 0 saturated carbocycles. The molecule has 7 heteroatoms. The van der Waals surface area contributed by atoms with Crippen LogP contribution in [0.25, 0.3) is 22.1 Å². The number of thioether (sulfide) groups is 1. The monoisotopic (exact) mass is 369 g/mol. The average Bonchev–Trinajstić information content (AvgIpc) is 2.99. The standard InChI is InChI=1S/C19H23N5OS/c1-3-24-15-7-5-4-6-14(15)17-18(24)20-19(22-21-17)26-12-16(25)23-10-8-13(2)9-11-23/h4-7,13H,3,8-12H2,1-2H3. The zero-order valence-electron chi connectivity index (χ0n) is 15.2. The van der Waals surface area contributed by atoms with Crippen LogP contribution in [0.3, 0.4) is 0 Å². The molecule has 136 valence electrons. The fourth-order valence-electron chi connectivity index (χ4n) is 3.55. The molecule has 4 rings (SSSR count). The number of piperidine rings is 1. The Hall–Kier alpha value is -2.15. The molecule has 1 amide bonds. The summed E-state index contributed by atoms with van der Waals surface area (Å²) in [6.07, 6.45) is 2.19. The van der Waals surface area contributed by atoms with Gasteiger partial charge in [-0.15, -0.1) is 10.2 Å². The van der Waals surface area contributed by atoms with Crippen LogP contribution in [0.4, 0.5) is 0 Å². The summed E-state index contributed by atoms with van der Waals surface area (Å²) in [7, 11) is 0. The van der Waals surface area contributed by atoms with Gasteiger partial charge in [0.25, 0.3) is 0 Å². The molecule has 3 aromatic rings. The van der Waals surface area contributed by atoms with Crippen molar-refractivity contribution in [1.29, 1.82) is 0 Å². The number of amides is 1. The average molecular weight is 369 g/mol. The van der Waals surface area contributed by atoms with Crippen molar-refractivity contribution in [3.8, 4) is 0 Å². The van der Waals surface area contributed by atoms with Crippen LogP contribution < -0.4 is 0 Å². The van der Waals surface area contributed by atoms with Gasteiger partial charge in [0.05, 0.1) is 11.3 Å². The van der Waals surface area contributed by atoms with Gasteiger partial charge in [0.15, 0.2) is 5.65 Å². The summed E-state index contributed by atoms with van der Waals surface area (Å²) in [5.41, 5.74) is 2.78. The number of rotatable bonds is 4. The second kappa shape index (κ2) is 7.23. The minimum absolute atomic E-state index is 0.168. The predicted molar refractivity (Wildman–Crippen MR) is 104 cm³/mol. The molecule has 0 unspecified atom stereocenters.